The van der Waals surface area contributed by atoms with Gasteiger partial charge < -0.3 is 15.3 Å². The number of para-hydroxylation sites is 1. The van der Waals surface area contributed by atoms with Crippen LogP contribution in [-0.4, -0.2) is 28.6 Å². The number of carbonyl (C=O) groups excluding carboxylic acids is 1. The van der Waals surface area contributed by atoms with Crippen molar-refractivity contribution in [3.05, 3.63) is 63.1 Å². The summed E-state index contributed by atoms with van der Waals surface area (Å²) < 4.78 is 0. The van der Waals surface area contributed by atoms with Gasteiger partial charge in [0.25, 0.3) is 0 Å². The summed E-state index contributed by atoms with van der Waals surface area (Å²) >= 11 is 12.2. The fourth-order valence-electron chi connectivity index (χ4n) is 3.14. The Kier molecular flexibility index (Phi) is 4.88. The van der Waals surface area contributed by atoms with Gasteiger partial charge in [-0.1, -0.05) is 41.4 Å². The van der Waals surface area contributed by atoms with Crippen LogP contribution in [0.25, 0.3) is 0 Å². The van der Waals surface area contributed by atoms with Crippen molar-refractivity contribution in [3.8, 4) is 0 Å². The number of hydrogen-bond donors (Lipinski definition) is 2. The van der Waals surface area contributed by atoms with E-state index in [0.717, 1.165) is 11.1 Å². The molecule has 0 saturated carbocycles. The van der Waals surface area contributed by atoms with Crippen LogP contribution in [-0.2, 0) is 6.42 Å². The third-order valence-corrected chi connectivity index (χ3v) is 5.05. The molecule has 0 saturated heterocycles. The number of fused-ring (bicyclic) bond motifs is 1. The van der Waals surface area contributed by atoms with Gasteiger partial charge in [0.2, 0.25) is 0 Å². The molecule has 130 valence electrons. The highest BCUT2D eigenvalue weighted by molar-refractivity contribution is 6.39. The number of rotatable bonds is 2. The molecule has 7 heteroatoms. The highest BCUT2D eigenvalue weighted by atomic mass is 35.5. The highest BCUT2D eigenvalue weighted by Crippen LogP contribution is 2.34. The first-order valence-electron chi connectivity index (χ1n) is 7.77. The predicted octanol–water partition coefficient (Wildman–Crippen LogP) is 4.84. The molecular weight excluding hydrogens is 363 g/mol. The lowest BCUT2D eigenvalue weighted by atomic mass is 9.90. The maximum Gasteiger partial charge on any atom is 0.335 e. The molecular formula is C18H16Cl2N2O3. The molecule has 0 fully saturated rings. The van der Waals surface area contributed by atoms with Crippen LogP contribution < -0.4 is 5.32 Å². The summed E-state index contributed by atoms with van der Waals surface area (Å²) in [6.07, 6.45) is 0.478. The summed E-state index contributed by atoms with van der Waals surface area (Å²) in [5.74, 6) is -0.954. The van der Waals surface area contributed by atoms with Crippen LogP contribution in [0.4, 0.5) is 10.5 Å². The Bertz CT molecular complexity index is 834. The van der Waals surface area contributed by atoms with Crippen molar-refractivity contribution in [2.45, 2.75) is 19.4 Å². The zero-order chi connectivity index (χ0) is 18.1. The summed E-state index contributed by atoms with van der Waals surface area (Å²) in [6.45, 7) is 2.28. The first kappa shape index (κ1) is 17.6. The van der Waals surface area contributed by atoms with Crippen molar-refractivity contribution in [2.24, 2.45) is 0 Å². The lowest BCUT2D eigenvalue weighted by Gasteiger charge is -2.36. The lowest BCUT2D eigenvalue weighted by molar-refractivity contribution is 0.0695. The summed E-state index contributed by atoms with van der Waals surface area (Å²) in [4.78, 5) is 25.7. The van der Waals surface area contributed by atoms with Gasteiger partial charge in [0.05, 0.1) is 27.3 Å². The Morgan fingerprint density at radius 2 is 1.80 bits per heavy atom. The van der Waals surface area contributed by atoms with E-state index in [2.05, 4.69) is 5.32 Å². The van der Waals surface area contributed by atoms with Crippen LogP contribution in [0.5, 0.6) is 0 Å². The first-order chi connectivity index (χ1) is 11.9. The fourth-order valence-corrected chi connectivity index (χ4v) is 3.63. The van der Waals surface area contributed by atoms with E-state index in [1.807, 2.05) is 13.0 Å². The van der Waals surface area contributed by atoms with E-state index in [9.17, 15) is 14.7 Å². The second-order valence-corrected chi connectivity index (χ2v) is 6.64. The van der Waals surface area contributed by atoms with Crippen molar-refractivity contribution < 1.29 is 14.7 Å². The van der Waals surface area contributed by atoms with Crippen LogP contribution >= 0.6 is 23.2 Å². The number of benzene rings is 2. The molecule has 0 unspecified atom stereocenters. The molecule has 1 heterocycles. The molecule has 25 heavy (non-hydrogen) atoms. The molecule has 0 spiro atoms. The second-order valence-electron chi connectivity index (χ2n) is 5.82. The maximum absolute atomic E-state index is 12.7. The van der Waals surface area contributed by atoms with Crippen molar-refractivity contribution >= 4 is 40.9 Å². The van der Waals surface area contributed by atoms with E-state index in [4.69, 9.17) is 23.2 Å². The fraction of sp³-hybridized carbons (Fsp3) is 0.222. The second kappa shape index (κ2) is 6.94. The number of carboxylic acids is 1. The molecule has 1 aliphatic heterocycles. The summed E-state index contributed by atoms with van der Waals surface area (Å²) in [5, 5.41) is 12.8. The molecule has 2 amide bonds. The zero-order valence-electron chi connectivity index (χ0n) is 13.4. The van der Waals surface area contributed by atoms with Crippen molar-refractivity contribution in [3.63, 3.8) is 0 Å². The van der Waals surface area contributed by atoms with E-state index in [1.165, 1.54) is 0 Å². The molecule has 0 radical (unpaired) electrons. The van der Waals surface area contributed by atoms with E-state index in [0.29, 0.717) is 34.3 Å². The Balaban J connectivity index is 1.87. The molecule has 2 N–H and O–H groups in total. The minimum absolute atomic E-state index is 0.260. The van der Waals surface area contributed by atoms with Crippen LogP contribution in [0.3, 0.4) is 0 Å². The molecule has 1 atom stereocenters. The Morgan fingerprint density at radius 1 is 1.16 bits per heavy atom. The standard InChI is InChI=1S/C18H16Cl2N2O3/c1-10-11-4-2-5-13(17(23)24)12(11)8-9-22(10)18(25)21-16-14(19)6-3-7-15(16)20/h2-7,10H,8-9H2,1H3,(H,21,25)(H,23,24)/t10-/m0/s1. The zero-order valence-corrected chi connectivity index (χ0v) is 14.9. The third kappa shape index (κ3) is 3.30. The lowest BCUT2D eigenvalue weighted by Crippen LogP contribution is -2.42. The normalized spacial score (nSPS) is 16.3. The number of urea groups is 1. The summed E-state index contributed by atoms with van der Waals surface area (Å²) in [6, 6.07) is 9.56. The Morgan fingerprint density at radius 3 is 2.44 bits per heavy atom. The molecule has 1 aliphatic rings. The molecule has 5 nitrogen and oxygen atoms in total. The summed E-state index contributed by atoms with van der Waals surface area (Å²) in [7, 11) is 0. The van der Waals surface area contributed by atoms with Gasteiger partial charge in [-0.3, -0.25) is 0 Å². The number of amides is 2. The maximum atomic E-state index is 12.7. The predicted molar refractivity (Wildman–Crippen MR) is 97.7 cm³/mol. The van der Waals surface area contributed by atoms with Gasteiger partial charge in [-0.15, -0.1) is 0 Å². The number of anilines is 1. The number of carboxylic acid groups (broad SMARTS) is 1. The monoisotopic (exact) mass is 378 g/mol. The largest absolute Gasteiger partial charge is 0.478 e. The van der Waals surface area contributed by atoms with Crippen LogP contribution in [0, 0.1) is 0 Å². The van der Waals surface area contributed by atoms with Gasteiger partial charge in [0.15, 0.2) is 0 Å². The van der Waals surface area contributed by atoms with Gasteiger partial charge in [-0.05, 0) is 42.7 Å². The smallest absolute Gasteiger partial charge is 0.335 e. The Labute approximate surface area is 155 Å². The molecule has 2 aromatic rings. The summed E-state index contributed by atoms with van der Waals surface area (Å²) in [5.41, 5.74) is 2.28. The van der Waals surface area contributed by atoms with Crippen molar-refractivity contribution in [1.82, 2.24) is 4.90 Å². The first-order valence-corrected chi connectivity index (χ1v) is 8.52. The third-order valence-electron chi connectivity index (χ3n) is 4.42. The van der Waals surface area contributed by atoms with E-state index in [1.54, 1.807) is 35.2 Å². The Hall–Kier alpha value is -2.24. The van der Waals surface area contributed by atoms with Crippen LogP contribution in [0.1, 0.15) is 34.5 Å². The minimum atomic E-state index is -0.954. The van der Waals surface area contributed by atoms with E-state index in [-0.39, 0.29) is 12.1 Å². The van der Waals surface area contributed by atoms with Crippen LogP contribution in [0.2, 0.25) is 10.0 Å². The average Bonchev–Trinajstić information content (AvgIpc) is 2.58. The average molecular weight is 379 g/mol. The number of hydrogen-bond acceptors (Lipinski definition) is 2. The van der Waals surface area contributed by atoms with Crippen molar-refractivity contribution in [2.75, 3.05) is 11.9 Å². The van der Waals surface area contributed by atoms with Gasteiger partial charge in [0.1, 0.15) is 0 Å². The molecule has 0 aliphatic carbocycles. The number of nitrogens with one attached hydrogen (secondary N) is 1. The van der Waals surface area contributed by atoms with Gasteiger partial charge >= 0.3 is 12.0 Å². The van der Waals surface area contributed by atoms with Gasteiger partial charge in [-0.2, -0.15) is 0 Å². The quantitative estimate of drug-likeness (QED) is 0.784. The minimum Gasteiger partial charge on any atom is -0.478 e. The number of carbonyl (C=O) groups is 2. The van der Waals surface area contributed by atoms with Gasteiger partial charge in [-0.25, -0.2) is 9.59 Å². The number of aromatic carboxylic acids is 1. The van der Waals surface area contributed by atoms with E-state index < -0.39 is 5.97 Å². The number of nitrogens with zero attached hydrogens (tertiary/aromatic N) is 1. The SMILES string of the molecule is C[C@H]1c2cccc(C(=O)O)c2CCN1C(=O)Nc1c(Cl)cccc1Cl. The van der Waals surface area contributed by atoms with Crippen LogP contribution in [0.15, 0.2) is 36.4 Å². The molecule has 2 aromatic carbocycles. The topological polar surface area (TPSA) is 69.6 Å². The molecule has 0 bridgehead atoms. The van der Waals surface area contributed by atoms with E-state index >= 15 is 0 Å². The van der Waals surface area contributed by atoms with Gasteiger partial charge in [0, 0.05) is 6.54 Å². The molecule has 0 aromatic heterocycles. The number of halogens is 2. The highest BCUT2D eigenvalue weighted by Gasteiger charge is 2.30. The van der Waals surface area contributed by atoms with Crippen molar-refractivity contribution in [1.29, 1.82) is 0 Å². The molecule has 3 rings (SSSR count).